The molecule has 1 aliphatic carbocycles. The predicted molar refractivity (Wildman–Crippen MR) is 145 cm³/mol. The summed E-state index contributed by atoms with van der Waals surface area (Å²) in [4.78, 5) is 12.3. The van der Waals surface area contributed by atoms with Gasteiger partial charge in [-0.3, -0.25) is 4.72 Å². The first-order valence-electron chi connectivity index (χ1n) is 12.1. The monoisotopic (exact) mass is 574 g/mol. The summed E-state index contributed by atoms with van der Waals surface area (Å²) in [5.74, 6) is -1.73. The number of sulfonamides is 1. The molecule has 0 unspecified atom stereocenters. The molecule has 0 bridgehead atoms. The van der Waals surface area contributed by atoms with Crippen LogP contribution in [-0.2, 0) is 10.0 Å². The van der Waals surface area contributed by atoms with Crippen LogP contribution in [0.15, 0.2) is 53.7 Å². The van der Waals surface area contributed by atoms with Gasteiger partial charge in [0.05, 0.1) is 28.9 Å². The number of hydrogen-bond donors (Lipinski definition) is 3. The second kappa shape index (κ2) is 10.9. The third-order valence-electron chi connectivity index (χ3n) is 6.58. The van der Waals surface area contributed by atoms with Gasteiger partial charge in [-0.15, -0.1) is 0 Å². The molecule has 1 aliphatic rings. The van der Waals surface area contributed by atoms with Crippen LogP contribution < -0.4 is 20.5 Å². The van der Waals surface area contributed by atoms with Crippen LogP contribution in [0.4, 0.5) is 20.4 Å². The van der Waals surface area contributed by atoms with Crippen molar-refractivity contribution in [3.63, 3.8) is 0 Å². The largest absolute Gasteiger partial charge is 0.480 e. The number of hydrogen-bond acceptors (Lipinski definition) is 8. The Hall–Kier alpha value is -3.61. The van der Waals surface area contributed by atoms with Crippen molar-refractivity contribution < 1.29 is 21.9 Å². The molecule has 4 N–H and O–H groups in total. The molecule has 5 rings (SSSR count). The highest BCUT2D eigenvalue weighted by Crippen LogP contribution is 2.34. The van der Waals surface area contributed by atoms with E-state index >= 15 is 4.39 Å². The highest BCUT2D eigenvalue weighted by atomic mass is 35.5. The number of rotatable bonds is 7. The van der Waals surface area contributed by atoms with Crippen LogP contribution in [0.5, 0.6) is 5.88 Å². The molecule has 0 atom stereocenters. The molecule has 9 nitrogen and oxygen atoms in total. The number of anilines is 2. The minimum absolute atomic E-state index is 0.0381. The van der Waals surface area contributed by atoms with Gasteiger partial charge in [0.15, 0.2) is 10.7 Å². The Morgan fingerprint density at radius 3 is 2.56 bits per heavy atom. The lowest BCUT2D eigenvalue weighted by molar-refractivity contribution is 0.385. The molecule has 2 heterocycles. The number of methoxy groups -OCH3 is 1. The van der Waals surface area contributed by atoms with Gasteiger partial charge in [0.2, 0.25) is 11.8 Å². The van der Waals surface area contributed by atoms with Gasteiger partial charge >= 0.3 is 0 Å². The van der Waals surface area contributed by atoms with E-state index in [0.717, 1.165) is 43.9 Å². The number of nitrogens with zero attached hydrogens (tertiary/aromatic N) is 3. The quantitative estimate of drug-likeness (QED) is 0.277. The zero-order valence-electron chi connectivity index (χ0n) is 20.8. The molecule has 4 aromatic rings. The van der Waals surface area contributed by atoms with Crippen molar-refractivity contribution in [2.75, 3.05) is 17.1 Å². The SMILES string of the molecule is COc1ncc(Cl)cc1S(=O)(=O)Nc1ccc(F)c(-c2ccc3nc(N[C@H]4CC[C@H](N)CC4)ncc3c2)c1F. The fourth-order valence-electron chi connectivity index (χ4n) is 4.55. The number of ether oxygens (including phenoxy) is 1. The molecule has 204 valence electrons. The first-order valence-corrected chi connectivity index (χ1v) is 14.0. The smallest absolute Gasteiger partial charge is 0.267 e. The Kier molecular flexibility index (Phi) is 7.52. The van der Waals surface area contributed by atoms with Crippen LogP contribution in [0.2, 0.25) is 5.02 Å². The molecular weight excluding hydrogens is 550 g/mol. The maximum Gasteiger partial charge on any atom is 0.267 e. The molecule has 0 saturated heterocycles. The molecular formula is C26H25ClF2N6O3S. The first-order chi connectivity index (χ1) is 18.6. The normalized spacial score (nSPS) is 17.7. The van der Waals surface area contributed by atoms with E-state index in [-0.39, 0.29) is 28.5 Å². The van der Waals surface area contributed by atoms with Gasteiger partial charge < -0.3 is 15.8 Å². The first kappa shape index (κ1) is 27.0. The van der Waals surface area contributed by atoms with Crippen molar-refractivity contribution in [2.24, 2.45) is 5.73 Å². The van der Waals surface area contributed by atoms with Gasteiger partial charge in [-0.05, 0) is 61.6 Å². The molecule has 1 fully saturated rings. The third-order valence-corrected chi connectivity index (χ3v) is 8.14. The van der Waals surface area contributed by atoms with Gasteiger partial charge in [0.25, 0.3) is 10.0 Å². The number of nitrogens with two attached hydrogens (primary N) is 1. The number of fused-ring (bicyclic) bond motifs is 1. The summed E-state index contributed by atoms with van der Waals surface area (Å²) in [7, 11) is -3.15. The van der Waals surface area contributed by atoms with Gasteiger partial charge in [-0.2, -0.15) is 0 Å². The number of benzene rings is 2. The summed E-state index contributed by atoms with van der Waals surface area (Å²) < 4.78 is 63.6. The molecule has 0 spiro atoms. The van der Waals surface area contributed by atoms with Gasteiger partial charge in [-0.25, -0.2) is 32.2 Å². The highest BCUT2D eigenvalue weighted by molar-refractivity contribution is 7.92. The Morgan fingerprint density at radius 2 is 1.82 bits per heavy atom. The zero-order valence-corrected chi connectivity index (χ0v) is 22.4. The van der Waals surface area contributed by atoms with E-state index in [4.69, 9.17) is 22.1 Å². The molecule has 0 aliphatic heterocycles. The van der Waals surface area contributed by atoms with E-state index in [9.17, 15) is 12.8 Å². The van der Waals surface area contributed by atoms with Crippen LogP contribution in [0.3, 0.4) is 0 Å². The van der Waals surface area contributed by atoms with Crippen LogP contribution in [0, 0.1) is 11.6 Å². The fourth-order valence-corrected chi connectivity index (χ4v) is 5.98. The Morgan fingerprint density at radius 1 is 1.05 bits per heavy atom. The fraction of sp³-hybridized carbons (Fsp3) is 0.269. The van der Waals surface area contributed by atoms with E-state index < -0.39 is 37.8 Å². The van der Waals surface area contributed by atoms with Crippen molar-refractivity contribution in [3.8, 4) is 17.0 Å². The van der Waals surface area contributed by atoms with Crippen molar-refractivity contribution in [1.82, 2.24) is 15.0 Å². The van der Waals surface area contributed by atoms with Crippen molar-refractivity contribution in [2.45, 2.75) is 42.7 Å². The summed E-state index contributed by atoms with van der Waals surface area (Å²) in [6, 6.07) is 8.25. The molecule has 2 aromatic heterocycles. The van der Waals surface area contributed by atoms with Crippen molar-refractivity contribution >= 4 is 44.2 Å². The van der Waals surface area contributed by atoms with E-state index in [2.05, 4.69) is 25.0 Å². The van der Waals surface area contributed by atoms with Gasteiger partial charge in [0.1, 0.15) is 5.82 Å². The van der Waals surface area contributed by atoms with E-state index in [1.807, 2.05) is 0 Å². The van der Waals surface area contributed by atoms with Crippen molar-refractivity contribution in [3.05, 3.63) is 65.4 Å². The van der Waals surface area contributed by atoms with Crippen LogP contribution in [0.1, 0.15) is 25.7 Å². The molecule has 0 radical (unpaired) electrons. The zero-order chi connectivity index (χ0) is 27.7. The van der Waals surface area contributed by atoms with Gasteiger partial charge in [-0.1, -0.05) is 17.7 Å². The Balaban J connectivity index is 1.44. The van der Waals surface area contributed by atoms with E-state index in [0.29, 0.717) is 16.9 Å². The standard InChI is InChI=1S/C26H25ClF2N6O3S/c1-38-25-22(11-16(27)13-31-25)39(36,37)35-21-9-7-19(28)23(24(21)29)14-2-8-20-15(10-14)12-32-26(34-20)33-18-5-3-17(30)4-6-18/h2,7-13,17-18,35H,3-6,30H2,1H3,(H,32,33,34)/t17-,18-. The summed E-state index contributed by atoms with van der Waals surface area (Å²) >= 11 is 5.90. The lowest BCUT2D eigenvalue weighted by Crippen LogP contribution is -2.33. The number of nitrogens with one attached hydrogen (secondary N) is 2. The third kappa shape index (κ3) is 5.72. The second-order valence-electron chi connectivity index (χ2n) is 9.27. The average Bonchev–Trinajstić information content (AvgIpc) is 2.91. The second-order valence-corrected chi connectivity index (χ2v) is 11.4. The maximum absolute atomic E-state index is 15.6. The maximum atomic E-state index is 15.6. The van der Waals surface area contributed by atoms with Crippen LogP contribution >= 0.6 is 11.6 Å². The van der Waals surface area contributed by atoms with E-state index in [1.54, 1.807) is 18.3 Å². The Labute approximate surface area is 228 Å². The Bertz CT molecular complexity index is 1650. The van der Waals surface area contributed by atoms with Crippen LogP contribution in [-0.4, -0.2) is 42.6 Å². The highest BCUT2D eigenvalue weighted by Gasteiger charge is 2.25. The molecule has 2 aromatic carbocycles. The number of pyridine rings is 1. The van der Waals surface area contributed by atoms with Crippen LogP contribution in [0.25, 0.3) is 22.0 Å². The molecule has 13 heteroatoms. The molecule has 1 saturated carbocycles. The number of halogens is 3. The summed E-state index contributed by atoms with van der Waals surface area (Å²) in [5.41, 5.74) is 5.87. The summed E-state index contributed by atoms with van der Waals surface area (Å²) in [5, 5.41) is 3.92. The topological polar surface area (TPSA) is 132 Å². The lowest BCUT2D eigenvalue weighted by Gasteiger charge is -2.26. The molecule has 39 heavy (non-hydrogen) atoms. The minimum Gasteiger partial charge on any atom is -0.480 e. The lowest BCUT2D eigenvalue weighted by atomic mass is 9.92. The number of aromatic nitrogens is 3. The van der Waals surface area contributed by atoms with Gasteiger partial charge in [0, 0.05) is 29.9 Å². The van der Waals surface area contributed by atoms with Crippen molar-refractivity contribution in [1.29, 1.82) is 0 Å². The summed E-state index contributed by atoms with van der Waals surface area (Å²) in [6.45, 7) is 0. The minimum atomic E-state index is -4.39. The summed E-state index contributed by atoms with van der Waals surface area (Å²) in [6.07, 6.45) is 6.52. The predicted octanol–water partition coefficient (Wildman–Crippen LogP) is 5.11. The van der Waals surface area contributed by atoms with E-state index in [1.165, 1.54) is 19.4 Å². The average molecular weight is 575 g/mol. The molecule has 0 amide bonds.